The van der Waals surface area contributed by atoms with E-state index in [1.54, 1.807) is 36.4 Å². The lowest BCUT2D eigenvalue weighted by Gasteiger charge is -2.45. The van der Waals surface area contributed by atoms with E-state index in [2.05, 4.69) is 10.3 Å². The minimum absolute atomic E-state index is 0.0191. The second kappa shape index (κ2) is 7.89. The summed E-state index contributed by atoms with van der Waals surface area (Å²) >= 11 is 0. The van der Waals surface area contributed by atoms with Gasteiger partial charge in [-0.05, 0) is 24.1 Å². The first-order chi connectivity index (χ1) is 14.4. The predicted octanol–water partition coefficient (Wildman–Crippen LogP) is 2.02. The Kier molecular flexibility index (Phi) is 5.28. The van der Waals surface area contributed by atoms with Gasteiger partial charge in [0.15, 0.2) is 0 Å². The van der Waals surface area contributed by atoms with Gasteiger partial charge in [0.05, 0.1) is 17.1 Å². The molecule has 1 aromatic heterocycles. The van der Waals surface area contributed by atoms with Crippen molar-refractivity contribution in [3.8, 4) is 0 Å². The molecule has 0 spiro atoms. The van der Waals surface area contributed by atoms with Gasteiger partial charge < -0.3 is 15.1 Å². The highest BCUT2D eigenvalue weighted by atomic mass is 16.2. The van der Waals surface area contributed by atoms with Gasteiger partial charge in [0.2, 0.25) is 11.8 Å². The van der Waals surface area contributed by atoms with Crippen LogP contribution in [-0.4, -0.2) is 57.7 Å². The van der Waals surface area contributed by atoms with E-state index in [4.69, 9.17) is 0 Å². The van der Waals surface area contributed by atoms with Crippen LogP contribution in [0.4, 0.5) is 0 Å². The number of hydrogen-bond donors (Lipinski definition) is 1. The highest BCUT2D eigenvalue weighted by molar-refractivity contribution is 5.94. The van der Waals surface area contributed by atoms with E-state index >= 15 is 0 Å². The van der Waals surface area contributed by atoms with Crippen molar-refractivity contribution in [1.29, 1.82) is 0 Å². The molecular weight excluding hydrogens is 380 g/mol. The third kappa shape index (κ3) is 3.56. The average Bonchev–Trinajstić information content (AvgIpc) is 3.08. The van der Waals surface area contributed by atoms with E-state index in [9.17, 15) is 14.4 Å². The molecule has 0 aliphatic carbocycles. The molecule has 2 fully saturated rings. The summed E-state index contributed by atoms with van der Waals surface area (Å²) in [5, 5.41) is 3.14. The first kappa shape index (κ1) is 20.1. The molecule has 2 aromatic rings. The maximum Gasteiger partial charge on any atom is 0.255 e. The largest absolute Gasteiger partial charge is 0.347 e. The number of carbonyl (C=O) groups is 3. The minimum Gasteiger partial charge on any atom is -0.347 e. The number of rotatable bonds is 3. The average molecular weight is 406 g/mol. The summed E-state index contributed by atoms with van der Waals surface area (Å²) in [7, 11) is 0. The highest BCUT2D eigenvalue weighted by Crippen LogP contribution is 2.47. The number of benzene rings is 1. The fourth-order valence-corrected chi connectivity index (χ4v) is 5.09. The number of nitrogens with one attached hydrogen (secondary N) is 1. The Hall–Kier alpha value is -3.22. The smallest absolute Gasteiger partial charge is 0.255 e. The van der Waals surface area contributed by atoms with Crippen LogP contribution >= 0.6 is 0 Å². The van der Waals surface area contributed by atoms with Gasteiger partial charge in [-0.2, -0.15) is 0 Å². The van der Waals surface area contributed by atoms with Gasteiger partial charge in [0.1, 0.15) is 0 Å². The summed E-state index contributed by atoms with van der Waals surface area (Å²) < 4.78 is 0. The number of hydrogen-bond acceptors (Lipinski definition) is 4. The molecule has 7 nitrogen and oxygen atoms in total. The number of nitrogens with zero attached hydrogens (tertiary/aromatic N) is 3. The Morgan fingerprint density at radius 3 is 2.47 bits per heavy atom. The maximum atomic E-state index is 13.1. The van der Waals surface area contributed by atoms with Gasteiger partial charge in [0.25, 0.3) is 5.91 Å². The number of amides is 3. The normalized spacial score (nSPS) is 25.5. The van der Waals surface area contributed by atoms with Gasteiger partial charge in [0, 0.05) is 51.8 Å². The lowest BCUT2D eigenvalue weighted by Crippen LogP contribution is -2.64. The van der Waals surface area contributed by atoms with Crippen molar-refractivity contribution in [1.82, 2.24) is 20.1 Å². The van der Waals surface area contributed by atoms with E-state index in [-0.39, 0.29) is 29.7 Å². The Morgan fingerprint density at radius 1 is 1.07 bits per heavy atom. The van der Waals surface area contributed by atoms with Crippen molar-refractivity contribution in [3.05, 3.63) is 66.0 Å². The molecule has 2 aliphatic rings. The Morgan fingerprint density at radius 2 is 1.83 bits per heavy atom. The molecule has 7 heteroatoms. The number of aromatic nitrogens is 1. The molecule has 0 bridgehead atoms. The fourth-order valence-electron chi connectivity index (χ4n) is 5.09. The lowest BCUT2D eigenvalue weighted by molar-refractivity contribution is -0.130. The Labute approximate surface area is 176 Å². The zero-order chi connectivity index (χ0) is 21.3. The molecule has 3 atom stereocenters. The zero-order valence-corrected chi connectivity index (χ0v) is 17.2. The zero-order valence-electron chi connectivity index (χ0n) is 17.2. The van der Waals surface area contributed by atoms with Crippen molar-refractivity contribution in [2.45, 2.75) is 31.8 Å². The molecule has 0 saturated carbocycles. The molecule has 3 amide bonds. The monoisotopic (exact) mass is 406 g/mol. The molecule has 1 N–H and O–H groups in total. The number of fused-ring (bicyclic) bond motifs is 1. The minimum atomic E-state index is -0.686. The summed E-state index contributed by atoms with van der Waals surface area (Å²) in [6.45, 7) is 4.35. The molecule has 3 heterocycles. The van der Waals surface area contributed by atoms with E-state index in [0.717, 1.165) is 5.56 Å². The molecule has 4 rings (SSSR count). The summed E-state index contributed by atoms with van der Waals surface area (Å²) in [6, 6.07) is 13.3. The van der Waals surface area contributed by atoms with Crippen LogP contribution in [0.3, 0.4) is 0 Å². The standard InChI is InChI=1S/C23H26N4O3/c1-16(28)25-23-14-26(22(30)19-9-6-11-24-13-19)12-10-20(23)21(27(15-23)17(2)29)18-7-4-3-5-8-18/h3-9,11,13,20-21H,10,12,14-15H2,1-2H3,(H,25,28)/t20-,21-,23-/m1/s1. The van der Waals surface area contributed by atoms with Gasteiger partial charge in [-0.15, -0.1) is 0 Å². The third-order valence-electron chi connectivity index (χ3n) is 6.23. The Balaban J connectivity index is 1.70. The molecule has 2 saturated heterocycles. The Bertz CT molecular complexity index is 949. The second-order valence-corrected chi connectivity index (χ2v) is 8.20. The van der Waals surface area contributed by atoms with Crippen molar-refractivity contribution in [3.63, 3.8) is 0 Å². The van der Waals surface area contributed by atoms with Gasteiger partial charge in [-0.3, -0.25) is 19.4 Å². The van der Waals surface area contributed by atoms with Crippen LogP contribution in [0.2, 0.25) is 0 Å². The molecular formula is C23H26N4O3. The van der Waals surface area contributed by atoms with E-state index in [1.165, 1.54) is 6.92 Å². The van der Waals surface area contributed by atoms with Gasteiger partial charge >= 0.3 is 0 Å². The van der Waals surface area contributed by atoms with Gasteiger partial charge in [-0.25, -0.2) is 0 Å². The number of carbonyl (C=O) groups excluding carboxylic acids is 3. The number of piperidine rings is 1. The van der Waals surface area contributed by atoms with Crippen molar-refractivity contribution in [2.75, 3.05) is 19.6 Å². The second-order valence-electron chi connectivity index (χ2n) is 8.20. The van der Waals surface area contributed by atoms with Crippen LogP contribution in [-0.2, 0) is 9.59 Å². The van der Waals surface area contributed by atoms with Crippen LogP contribution in [0.5, 0.6) is 0 Å². The van der Waals surface area contributed by atoms with Crippen LogP contribution in [0.25, 0.3) is 0 Å². The maximum absolute atomic E-state index is 13.1. The number of likely N-dealkylation sites (tertiary alicyclic amines) is 2. The van der Waals surface area contributed by atoms with E-state index in [0.29, 0.717) is 31.6 Å². The molecule has 0 unspecified atom stereocenters. The third-order valence-corrected chi connectivity index (χ3v) is 6.23. The lowest BCUT2D eigenvalue weighted by atomic mass is 9.75. The summed E-state index contributed by atoms with van der Waals surface area (Å²) in [5.74, 6) is -0.282. The van der Waals surface area contributed by atoms with E-state index < -0.39 is 5.54 Å². The van der Waals surface area contributed by atoms with Crippen LogP contribution in [0.15, 0.2) is 54.9 Å². The predicted molar refractivity (Wildman–Crippen MR) is 111 cm³/mol. The number of pyridine rings is 1. The van der Waals surface area contributed by atoms with Crippen molar-refractivity contribution in [2.24, 2.45) is 5.92 Å². The van der Waals surface area contributed by atoms with Gasteiger partial charge in [-0.1, -0.05) is 30.3 Å². The molecule has 0 radical (unpaired) electrons. The summed E-state index contributed by atoms with van der Waals surface area (Å²) in [5.41, 5.74) is 0.889. The molecule has 30 heavy (non-hydrogen) atoms. The van der Waals surface area contributed by atoms with Crippen LogP contribution < -0.4 is 5.32 Å². The quantitative estimate of drug-likeness (QED) is 0.846. The van der Waals surface area contributed by atoms with E-state index in [1.807, 2.05) is 35.2 Å². The molecule has 2 aliphatic heterocycles. The summed E-state index contributed by atoms with van der Waals surface area (Å²) in [6.07, 6.45) is 3.88. The fraction of sp³-hybridized carbons (Fsp3) is 0.391. The molecule has 1 aromatic carbocycles. The first-order valence-corrected chi connectivity index (χ1v) is 10.2. The SMILES string of the molecule is CC(=O)N[C@@]12CN(C(=O)c3cccnc3)CC[C@@H]1[C@@H](c1ccccc1)N(C(C)=O)C2. The summed E-state index contributed by atoms with van der Waals surface area (Å²) in [4.78, 5) is 45.5. The van der Waals surface area contributed by atoms with Crippen LogP contribution in [0, 0.1) is 5.92 Å². The van der Waals surface area contributed by atoms with Crippen molar-refractivity contribution >= 4 is 17.7 Å². The van der Waals surface area contributed by atoms with Crippen molar-refractivity contribution < 1.29 is 14.4 Å². The highest BCUT2D eigenvalue weighted by Gasteiger charge is 2.57. The molecule has 156 valence electrons. The topological polar surface area (TPSA) is 82.6 Å². The van der Waals surface area contributed by atoms with Crippen LogP contribution in [0.1, 0.15) is 42.2 Å². The first-order valence-electron chi connectivity index (χ1n) is 10.2.